The van der Waals surface area contributed by atoms with Crippen LogP contribution in [0.3, 0.4) is 0 Å². The minimum atomic E-state index is 0.652. The Labute approximate surface area is 125 Å². The number of anilines is 1. The summed E-state index contributed by atoms with van der Waals surface area (Å²) in [4.78, 5) is 4.37. The minimum Gasteiger partial charge on any atom is -0.383 e. The van der Waals surface area contributed by atoms with Crippen LogP contribution >= 0.6 is 0 Å². The average molecular weight is 277 g/mol. The minimum absolute atomic E-state index is 0.652. The van der Waals surface area contributed by atoms with Crippen LogP contribution in [0.2, 0.25) is 0 Å². The maximum Gasteiger partial charge on any atom is 0.103 e. The summed E-state index contributed by atoms with van der Waals surface area (Å²) in [6, 6.07) is 10.3. The first-order chi connectivity index (χ1) is 10.4. The van der Waals surface area contributed by atoms with E-state index in [9.17, 15) is 5.26 Å². The third-order valence-corrected chi connectivity index (χ3v) is 4.87. The van der Waals surface area contributed by atoms with Crippen LogP contribution in [0.15, 0.2) is 30.5 Å². The van der Waals surface area contributed by atoms with Gasteiger partial charge in [0.25, 0.3) is 0 Å². The molecule has 3 nitrogen and oxygen atoms in total. The second kappa shape index (κ2) is 5.04. The monoisotopic (exact) mass is 277 g/mol. The largest absolute Gasteiger partial charge is 0.383 e. The topological polar surface area (TPSA) is 48.7 Å². The number of fused-ring (bicyclic) bond motifs is 1. The van der Waals surface area contributed by atoms with Crippen LogP contribution in [0.1, 0.15) is 31.2 Å². The molecule has 21 heavy (non-hydrogen) atoms. The zero-order chi connectivity index (χ0) is 14.2. The number of rotatable bonds is 5. The van der Waals surface area contributed by atoms with Gasteiger partial charge in [-0.3, -0.25) is 4.98 Å². The van der Waals surface area contributed by atoms with Gasteiger partial charge >= 0.3 is 0 Å². The second-order valence-corrected chi connectivity index (χ2v) is 6.40. The van der Waals surface area contributed by atoms with E-state index in [0.29, 0.717) is 5.56 Å². The predicted molar refractivity (Wildman–Crippen MR) is 83.9 cm³/mol. The fraction of sp³-hybridized carbons (Fsp3) is 0.444. The molecule has 2 aliphatic carbocycles. The van der Waals surface area contributed by atoms with Crippen molar-refractivity contribution in [1.82, 2.24) is 4.98 Å². The van der Waals surface area contributed by atoms with E-state index < -0.39 is 0 Å². The Morgan fingerprint density at radius 2 is 1.90 bits per heavy atom. The molecule has 0 radical (unpaired) electrons. The lowest BCUT2D eigenvalue weighted by Gasteiger charge is -2.18. The fourth-order valence-electron chi connectivity index (χ4n) is 3.40. The number of nitrogens with zero attached hydrogens (tertiary/aromatic N) is 2. The van der Waals surface area contributed by atoms with E-state index in [1.54, 1.807) is 6.20 Å². The number of aromatic nitrogens is 1. The lowest BCUT2D eigenvalue weighted by Crippen LogP contribution is -2.19. The van der Waals surface area contributed by atoms with Gasteiger partial charge in [0.15, 0.2) is 0 Å². The fourth-order valence-corrected chi connectivity index (χ4v) is 3.40. The van der Waals surface area contributed by atoms with Crippen molar-refractivity contribution in [3.63, 3.8) is 0 Å². The maximum absolute atomic E-state index is 9.36. The average Bonchev–Trinajstić information content (AvgIpc) is 3.40. The Morgan fingerprint density at radius 1 is 1.19 bits per heavy atom. The van der Waals surface area contributed by atoms with E-state index in [0.717, 1.165) is 40.9 Å². The molecule has 0 atom stereocenters. The molecule has 0 spiro atoms. The molecule has 1 aromatic heterocycles. The number of pyridine rings is 1. The molecule has 2 aliphatic rings. The van der Waals surface area contributed by atoms with Crippen molar-refractivity contribution in [2.75, 3.05) is 11.9 Å². The quantitative estimate of drug-likeness (QED) is 0.900. The summed E-state index contributed by atoms with van der Waals surface area (Å²) in [6.07, 6.45) is 7.26. The van der Waals surface area contributed by atoms with Gasteiger partial charge in [0.05, 0.1) is 16.8 Å². The molecule has 2 fully saturated rings. The summed E-state index contributed by atoms with van der Waals surface area (Å²) in [5, 5.41) is 14.0. The Kier molecular flexibility index (Phi) is 3.03. The normalized spacial score (nSPS) is 17.9. The van der Waals surface area contributed by atoms with Crippen LogP contribution in [-0.2, 0) is 0 Å². The van der Waals surface area contributed by atoms with Crippen LogP contribution < -0.4 is 5.32 Å². The van der Waals surface area contributed by atoms with Crippen LogP contribution in [0.25, 0.3) is 10.9 Å². The van der Waals surface area contributed by atoms with Crippen LogP contribution in [0.4, 0.5) is 5.69 Å². The van der Waals surface area contributed by atoms with Crippen LogP contribution in [-0.4, -0.2) is 11.5 Å². The smallest absolute Gasteiger partial charge is 0.103 e. The lowest BCUT2D eigenvalue weighted by atomic mass is 9.97. The van der Waals surface area contributed by atoms with Gasteiger partial charge in [0.2, 0.25) is 0 Å². The van der Waals surface area contributed by atoms with E-state index in [-0.39, 0.29) is 0 Å². The number of para-hydroxylation sites is 1. The zero-order valence-corrected chi connectivity index (χ0v) is 12.0. The van der Waals surface area contributed by atoms with Gasteiger partial charge in [-0.05, 0) is 49.5 Å². The highest BCUT2D eigenvalue weighted by Gasteiger charge is 2.41. The van der Waals surface area contributed by atoms with Crippen molar-refractivity contribution in [1.29, 1.82) is 5.26 Å². The van der Waals surface area contributed by atoms with Crippen molar-refractivity contribution < 1.29 is 0 Å². The van der Waals surface area contributed by atoms with Gasteiger partial charge < -0.3 is 5.32 Å². The molecule has 1 N–H and O–H groups in total. The third kappa shape index (κ3) is 2.47. The molecule has 0 aliphatic heterocycles. The van der Waals surface area contributed by atoms with Crippen molar-refractivity contribution in [3.8, 4) is 6.07 Å². The molecule has 2 aromatic rings. The number of hydrogen-bond donors (Lipinski definition) is 1. The first kappa shape index (κ1) is 12.6. The lowest BCUT2D eigenvalue weighted by molar-refractivity contribution is 0.428. The summed E-state index contributed by atoms with van der Waals surface area (Å²) < 4.78 is 0. The van der Waals surface area contributed by atoms with Crippen molar-refractivity contribution in [2.45, 2.75) is 25.7 Å². The highest BCUT2D eigenvalue weighted by molar-refractivity contribution is 5.93. The number of nitrogens with one attached hydrogen (secondary N) is 1. The van der Waals surface area contributed by atoms with Crippen molar-refractivity contribution in [3.05, 3.63) is 36.0 Å². The number of nitriles is 1. The standard InChI is InChI=1S/C18H19N3/c19-9-14-10-20-17-4-2-1-3-15(17)18(14)21-11-16(12-5-6-12)13-7-8-13/h1-4,10,12-13,16H,5-8,11H2,(H,20,21). The number of hydrogen-bond acceptors (Lipinski definition) is 3. The summed E-state index contributed by atoms with van der Waals surface area (Å²) in [5.74, 6) is 2.63. The Bertz CT molecular complexity index is 696. The molecule has 4 rings (SSSR count). The molecule has 0 unspecified atom stereocenters. The van der Waals surface area contributed by atoms with Crippen LogP contribution in [0, 0.1) is 29.1 Å². The first-order valence-corrected chi connectivity index (χ1v) is 7.88. The molecular weight excluding hydrogens is 258 g/mol. The van der Waals surface area contributed by atoms with Gasteiger partial charge in [-0.25, -0.2) is 0 Å². The molecule has 0 amide bonds. The molecule has 106 valence electrons. The Balaban J connectivity index is 1.63. The Morgan fingerprint density at radius 3 is 2.57 bits per heavy atom. The highest BCUT2D eigenvalue weighted by atomic mass is 14.9. The zero-order valence-electron chi connectivity index (χ0n) is 12.0. The molecule has 0 bridgehead atoms. The van der Waals surface area contributed by atoms with E-state index >= 15 is 0 Å². The van der Waals surface area contributed by atoms with Gasteiger partial charge in [-0.15, -0.1) is 0 Å². The SMILES string of the molecule is N#Cc1cnc2ccccc2c1NCC(C1CC1)C1CC1. The van der Waals surface area contributed by atoms with Gasteiger partial charge in [0.1, 0.15) is 6.07 Å². The summed E-state index contributed by atoms with van der Waals surface area (Å²) >= 11 is 0. The second-order valence-electron chi connectivity index (χ2n) is 6.40. The first-order valence-electron chi connectivity index (χ1n) is 7.88. The predicted octanol–water partition coefficient (Wildman–Crippen LogP) is 3.95. The van der Waals surface area contributed by atoms with E-state index in [1.807, 2.05) is 18.2 Å². The molecule has 3 heteroatoms. The molecule has 0 saturated heterocycles. The summed E-state index contributed by atoms with van der Waals surface area (Å²) in [6.45, 7) is 0.998. The van der Waals surface area contributed by atoms with Gasteiger partial charge in [-0.2, -0.15) is 5.26 Å². The highest BCUT2D eigenvalue weighted by Crippen LogP contribution is 2.49. The molecule has 1 aromatic carbocycles. The van der Waals surface area contributed by atoms with Crippen molar-refractivity contribution in [2.24, 2.45) is 17.8 Å². The van der Waals surface area contributed by atoms with Crippen molar-refractivity contribution >= 4 is 16.6 Å². The summed E-state index contributed by atoms with van der Waals surface area (Å²) in [5.41, 5.74) is 2.57. The van der Waals surface area contributed by atoms with E-state index in [4.69, 9.17) is 0 Å². The van der Waals surface area contributed by atoms with E-state index in [1.165, 1.54) is 25.7 Å². The number of benzene rings is 1. The van der Waals surface area contributed by atoms with Gasteiger partial charge in [0, 0.05) is 18.1 Å². The van der Waals surface area contributed by atoms with Gasteiger partial charge in [-0.1, -0.05) is 18.2 Å². The van der Waals surface area contributed by atoms with Crippen LogP contribution in [0.5, 0.6) is 0 Å². The maximum atomic E-state index is 9.36. The summed E-state index contributed by atoms with van der Waals surface area (Å²) in [7, 11) is 0. The molecule has 2 saturated carbocycles. The third-order valence-electron chi connectivity index (χ3n) is 4.87. The Hall–Kier alpha value is -2.08. The molecule has 1 heterocycles. The van der Waals surface area contributed by atoms with E-state index in [2.05, 4.69) is 22.4 Å². The molecular formula is C18H19N3.